The van der Waals surface area contributed by atoms with E-state index in [1.165, 1.54) is 11.0 Å². The first kappa shape index (κ1) is 12.3. The van der Waals surface area contributed by atoms with Crippen molar-refractivity contribution in [3.8, 4) is 0 Å². The normalized spacial score (nSPS) is 36.0. The van der Waals surface area contributed by atoms with Crippen LogP contribution in [0.5, 0.6) is 0 Å². The van der Waals surface area contributed by atoms with Gasteiger partial charge in [0.1, 0.15) is 0 Å². The van der Waals surface area contributed by atoms with Crippen LogP contribution < -0.4 is 0 Å². The lowest BCUT2D eigenvalue weighted by Crippen LogP contribution is -2.53. The van der Waals surface area contributed by atoms with Crippen LogP contribution in [0.3, 0.4) is 0 Å². The molecule has 2 fully saturated rings. The third kappa shape index (κ3) is 1.09. The van der Waals surface area contributed by atoms with E-state index in [4.69, 9.17) is 0 Å². The van der Waals surface area contributed by atoms with Crippen LogP contribution in [0.4, 0.5) is 0 Å². The Morgan fingerprint density at radius 1 is 1.00 bits per heavy atom. The number of carbonyl (C=O) groups is 4. The molecule has 6 heteroatoms. The highest BCUT2D eigenvalue weighted by Gasteiger charge is 2.64. The molecule has 4 heterocycles. The van der Waals surface area contributed by atoms with Crippen molar-refractivity contribution >= 4 is 23.6 Å². The number of hydrogen-bond acceptors (Lipinski definition) is 4. The minimum atomic E-state index is -0.703. The second-order valence-electron chi connectivity index (χ2n) is 6.78. The van der Waals surface area contributed by atoms with Gasteiger partial charge in [-0.05, 0) is 18.8 Å². The summed E-state index contributed by atoms with van der Waals surface area (Å²) in [6, 6.07) is 0. The maximum Gasteiger partial charge on any atom is 0.259 e. The molecule has 2 atom stereocenters. The maximum atomic E-state index is 12.7. The Hall–Kier alpha value is -2.24. The van der Waals surface area contributed by atoms with E-state index >= 15 is 0 Å². The van der Waals surface area contributed by atoms with Gasteiger partial charge in [0.05, 0.1) is 6.54 Å². The van der Waals surface area contributed by atoms with Crippen LogP contribution in [0.15, 0.2) is 22.8 Å². The van der Waals surface area contributed by atoms with E-state index in [1.807, 2.05) is 0 Å². The third-order valence-electron chi connectivity index (χ3n) is 5.99. The fraction of sp³-hybridized carbons (Fsp3) is 0.500. The smallest absolute Gasteiger partial charge is 0.259 e. The predicted octanol–water partition coefficient (Wildman–Crippen LogP) is 0.151. The first-order chi connectivity index (χ1) is 10.6. The predicted molar refractivity (Wildman–Crippen MR) is 72.9 cm³/mol. The molecule has 6 nitrogen and oxygen atoms in total. The van der Waals surface area contributed by atoms with Crippen LogP contribution in [-0.4, -0.2) is 46.5 Å². The number of piperidine rings is 1. The molecule has 1 aliphatic carbocycles. The second kappa shape index (κ2) is 3.56. The number of rotatable bonds is 0. The van der Waals surface area contributed by atoms with Crippen molar-refractivity contribution < 1.29 is 19.2 Å². The van der Waals surface area contributed by atoms with Gasteiger partial charge in [0.25, 0.3) is 23.6 Å². The molecule has 0 radical (unpaired) electrons. The zero-order valence-electron chi connectivity index (χ0n) is 11.9. The summed E-state index contributed by atoms with van der Waals surface area (Å²) in [7, 11) is 0. The summed E-state index contributed by atoms with van der Waals surface area (Å²) in [5, 5.41) is 0. The van der Waals surface area contributed by atoms with Crippen molar-refractivity contribution in [2.45, 2.75) is 25.7 Å². The van der Waals surface area contributed by atoms with Gasteiger partial charge in [-0.25, -0.2) is 0 Å². The zero-order chi connectivity index (χ0) is 15.2. The van der Waals surface area contributed by atoms with Gasteiger partial charge in [0.2, 0.25) is 0 Å². The van der Waals surface area contributed by atoms with Crippen LogP contribution in [0.2, 0.25) is 0 Å². The van der Waals surface area contributed by atoms with Gasteiger partial charge in [-0.2, -0.15) is 0 Å². The molecule has 0 N–H and O–H groups in total. The first-order valence-corrected chi connectivity index (χ1v) is 7.73. The molecule has 112 valence electrons. The topological polar surface area (TPSA) is 74.8 Å². The molecule has 1 saturated heterocycles. The van der Waals surface area contributed by atoms with Crippen LogP contribution in [0, 0.1) is 11.3 Å². The van der Waals surface area contributed by atoms with Crippen LogP contribution >= 0.6 is 0 Å². The first-order valence-electron chi connectivity index (χ1n) is 7.73. The molecule has 4 bridgehead atoms. The van der Waals surface area contributed by atoms with E-state index in [0.29, 0.717) is 29.7 Å². The van der Waals surface area contributed by atoms with Crippen molar-refractivity contribution in [2.75, 3.05) is 13.1 Å². The summed E-state index contributed by atoms with van der Waals surface area (Å²) in [6.45, 7) is 0.325. The monoisotopic (exact) mass is 298 g/mol. The van der Waals surface area contributed by atoms with Gasteiger partial charge >= 0.3 is 0 Å². The lowest BCUT2D eigenvalue weighted by atomic mass is 9.56. The number of carbonyl (C=O) groups excluding carboxylic acids is 4. The maximum absolute atomic E-state index is 12.7. The molecule has 4 amide bonds. The van der Waals surface area contributed by atoms with E-state index in [1.54, 1.807) is 0 Å². The summed E-state index contributed by atoms with van der Waals surface area (Å²) in [5.74, 6) is -1.14. The van der Waals surface area contributed by atoms with Crippen LogP contribution in [0.25, 0.3) is 0 Å². The molecule has 4 aliphatic heterocycles. The second-order valence-corrected chi connectivity index (χ2v) is 6.78. The lowest BCUT2D eigenvalue weighted by molar-refractivity contribution is -0.143. The molecule has 0 aromatic heterocycles. The molecular weight excluding hydrogens is 284 g/mol. The Kier molecular flexibility index (Phi) is 1.99. The minimum absolute atomic E-state index is 0.0530. The Balaban J connectivity index is 1.86. The van der Waals surface area contributed by atoms with E-state index in [2.05, 4.69) is 0 Å². The molecule has 5 aliphatic rings. The average molecular weight is 298 g/mol. The molecule has 1 spiro atoms. The fourth-order valence-electron chi connectivity index (χ4n) is 5.07. The van der Waals surface area contributed by atoms with Crippen LogP contribution in [-0.2, 0) is 19.2 Å². The number of amides is 4. The third-order valence-corrected chi connectivity index (χ3v) is 5.99. The lowest BCUT2D eigenvalue weighted by Gasteiger charge is -2.48. The minimum Gasteiger partial charge on any atom is -0.275 e. The summed E-state index contributed by atoms with van der Waals surface area (Å²) >= 11 is 0. The largest absolute Gasteiger partial charge is 0.275 e. The molecule has 0 aromatic rings. The van der Waals surface area contributed by atoms with Gasteiger partial charge in [-0.3, -0.25) is 29.0 Å². The van der Waals surface area contributed by atoms with Gasteiger partial charge in [-0.15, -0.1) is 0 Å². The molecule has 1 saturated carbocycles. The molecule has 2 unspecified atom stereocenters. The SMILES string of the molecule is O=C1C=C2C(=O)N1CC1=C3C(=O)N(CC4CCCCC234)C1=O. The van der Waals surface area contributed by atoms with Gasteiger partial charge in [0.15, 0.2) is 0 Å². The standard InChI is InChI=1S/C16H14N2O4/c19-11-5-10-14(21)17(11)7-9-12-15(22)18(13(9)20)6-8-3-1-2-4-16(8,10)12/h5,8H,1-4,6-7H2. The van der Waals surface area contributed by atoms with Gasteiger partial charge < -0.3 is 0 Å². The van der Waals surface area contributed by atoms with Crippen LogP contribution in [0.1, 0.15) is 25.7 Å². The van der Waals surface area contributed by atoms with Crippen molar-refractivity contribution in [1.29, 1.82) is 0 Å². The quantitative estimate of drug-likeness (QED) is 0.597. The number of imide groups is 2. The fourth-order valence-corrected chi connectivity index (χ4v) is 5.07. The van der Waals surface area contributed by atoms with E-state index < -0.39 is 5.41 Å². The summed E-state index contributed by atoms with van der Waals surface area (Å²) in [4.78, 5) is 52.5. The van der Waals surface area contributed by atoms with Crippen molar-refractivity contribution in [1.82, 2.24) is 9.80 Å². The highest BCUT2D eigenvalue weighted by atomic mass is 16.2. The average Bonchev–Trinajstić information content (AvgIpc) is 2.81. The zero-order valence-corrected chi connectivity index (χ0v) is 11.9. The molecule has 5 rings (SSSR count). The van der Waals surface area contributed by atoms with Gasteiger partial charge in [0, 0.05) is 34.8 Å². The molecular formula is C16H14N2O4. The Morgan fingerprint density at radius 2 is 1.82 bits per heavy atom. The molecule has 22 heavy (non-hydrogen) atoms. The summed E-state index contributed by atoms with van der Waals surface area (Å²) in [5.41, 5.74) is 0.642. The Bertz CT molecular complexity index is 762. The van der Waals surface area contributed by atoms with Crippen molar-refractivity contribution in [3.05, 3.63) is 22.8 Å². The Labute approximate surface area is 126 Å². The Morgan fingerprint density at radius 3 is 2.64 bits per heavy atom. The van der Waals surface area contributed by atoms with E-state index in [-0.39, 0.29) is 36.1 Å². The number of hydrogen-bond donors (Lipinski definition) is 0. The van der Waals surface area contributed by atoms with Gasteiger partial charge in [-0.1, -0.05) is 12.8 Å². The van der Waals surface area contributed by atoms with Crippen molar-refractivity contribution in [2.24, 2.45) is 11.3 Å². The number of fused-ring (bicyclic) bond motifs is 3. The summed E-state index contributed by atoms with van der Waals surface area (Å²) in [6.07, 6.45) is 4.92. The number of nitrogens with zero attached hydrogens (tertiary/aromatic N) is 2. The highest BCUT2D eigenvalue weighted by Crippen LogP contribution is 2.60. The van der Waals surface area contributed by atoms with E-state index in [9.17, 15) is 19.2 Å². The highest BCUT2D eigenvalue weighted by molar-refractivity contribution is 6.26. The summed E-state index contributed by atoms with van der Waals surface area (Å²) < 4.78 is 0. The van der Waals surface area contributed by atoms with E-state index in [0.717, 1.165) is 24.2 Å². The van der Waals surface area contributed by atoms with Crippen molar-refractivity contribution in [3.63, 3.8) is 0 Å². The molecule has 0 aromatic carbocycles.